The van der Waals surface area contributed by atoms with Crippen molar-refractivity contribution in [2.24, 2.45) is 0 Å². The van der Waals surface area contributed by atoms with E-state index < -0.39 is 0 Å². The molecule has 1 atom stereocenters. The van der Waals surface area contributed by atoms with Crippen LogP contribution in [-0.4, -0.2) is 19.1 Å². The van der Waals surface area contributed by atoms with Crippen molar-refractivity contribution in [3.63, 3.8) is 0 Å². The second-order valence-corrected chi connectivity index (χ2v) is 4.28. The summed E-state index contributed by atoms with van der Waals surface area (Å²) < 4.78 is 4.89. The highest BCUT2D eigenvalue weighted by molar-refractivity contribution is 5.88. The van der Waals surface area contributed by atoms with Gasteiger partial charge in [-0.3, -0.25) is 0 Å². The van der Waals surface area contributed by atoms with E-state index in [-0.39, 0.29) is 12.0 Å². The highest BCUT2D eigenvalue weighted by Gasteiger charge is 2.11. The monoisotopic (exact) mass is 247 g/mol. The van der Waals surface area contributed by atoms with Gasteiger partial charge in [0.15, 0.2) is 0 Å². The third kappa shape index (κ3) is 4.00. The first-order valence-corrected chi connectivity index (χ1v) is 6.20. The maximum absolute atomic E-state index is 11.4. The zero-order valence-electron chi connectivity index (χ0n) is 11.3. The number of nitrogens with one attached hydrogen (secondary N) is 1. The largest absolute Gasteiger partial charge is 0.463 e. The van der Waals surface area contributed by atoms with Gasteiger partial charge in [-0.2, -0.15) is 0 Å². The Bertz CT molecular complexity index is 426. The van der Waals surface area contributed by atoms with E-state index in [1.807, 2.05) is 12.1 Å². The predicted molar refractivity (Wildman–Crippen MR) is 73.4 cm³/mol. The van der Waals surface area contributed by atoms with Crippen LogP contribution in [0.3, 0.4) is 0 Å². The van der Waals surface area contributed by atoms with Crippen LogP contribution in [0.5, 0.6) is 0 Å². The van der Waals surface area contributed by atoms with Crippen LogP contribution in [0.1, 0.15) is 31.0 Å². The fourth-order valence-electron chi connectivity index (χ4n) is 1.76. The summed E-state index contributed by atoms with van der Waals surface area (Å²) in [6.45, 7) is 10.5. The number of ether oxygens (including phenoxy) is 1. The predicted octanol–water partition coefficient (Wildman–Crippen LogP) is 2.76. The lowest BCUT2D eigenvalue weighted by Gasteiger charge is -2.17. The van der Waals surface area contributed by atoms with Crippen molar-refractivity contribution in [2.75, 3.05) is 13.2 Å². The summed E-state index contributed by atoms with van der Waals surface area (Å²) in [7, 11) is 0. The summed E-state index contributed by atoms with van der Waals surface area (Å²) in [5.41, 5.74) is 2.92. The lowest BCUT2D eigenvalue weighted by molar-refractivity contribution is -0.138. The maximum Gasteiger partial charge on any atom is 0.334 e. The number of benzene rings is 1. The smallest absolute Gasteiger partial charge is 0.334 e. The summed E-state index contributed by atoms with van der Waals surface area (Å²) in [5.74, 6) is -0.331. The SMILES string of the molecule is C=C(CNC(C)c1ccccc1C)C(=O)OCC. The van der Waals surface area contributed by atoms with Crippen molar-refractivity contribution >= 4 is 5.97 Å². The van der Waals surface area contributed by atoms with Gasteiger partial charge in [-0.25, -0.2) is 4.79 Å². The molecular weight excluding hydrogens is 226 g/mol. The fourth-order valence-corrected chi connectivity index (χ4v) is 1.76. The molecular formula is C15H21NO2. The zero-order valence-corrected chi connectivity index (χ0v) is 11.3. The van der Waals surface area contributed by atoms with E-state index in [2.05, 4.69) is 37.9 Å². The Labute approximate surface area is 109 Å². The van der Waals surface area contributed by atoms with Crippen LogP contribution in [0.25, 0.3) is 0 Å². The molecule has 0 fully saturated rings. The van der Waals surface area contributed by atoms with E-state index in [0.29, 0.717) is 18.7 Å². The molecule has 1 aromatic carbocycles. The summed E-state index contributed by atoms with van der Waals surface area (Å²) in [5, 5.41) is 3.28. The van der Waals surface area contributed by atoms with Crippen LogP contribution in [0, 0.1) is 6.92 Å². The molecule has 1 rings (SSSR count). The van der Waals surface area contributed by atoms with Crippen molar-refractivity contribution in [1.29, 1.82) is 0 Å². The van der Waals surface area contributed by atoms with E-state index in [9.17, 15) is 4.79 Å². The van der Waals surface area contributed by atoms with Gasteiger partial charge in [-0.05, 0) is 31.9 Å². The molecule has 0 radical (unpaired) electrons. The van der Waals surface area contributed by atoms with Crippen LogP contribution in [-0.2, 0) is 9.53 Å². The number of carbonyl (C=O) groups is 1. The number of rotatable bonds is 6. The third-order valence-corrected chi connectivity index (χ3v) is 2.84. The van der Waals surface area contributed by atoms with E-state index in [1.54, 1.807) is 6.92 Å². The van der Waals surface area contributed by atoms with E-state index in [1.165, 1.54) is 11.1 Å². The van der Waals surface area contributed by atoms with Gasteiger partial charge in [-0.1, -0.05) is 30.8 Å². The second-order valence-electron chi connectivity index (χ2n) is 4.28. The topological polar surface area (TPSA) is 38.3 Å². The minimum atomic E-state index is -0.331. The Kier molecular flexibility index (Phi) is 5.59. The Hall–Kier alpha value is -1.61. The molecule has 0 aliphatic rings. The van der Waals surface area contributed by atoms with Gasteiger partial charge in [0, 0.05) is 18.2 Å². The van der Waals surface area contributed by atoms with Crippen molar-refractivity contribution in [3.8, 4) is 0 Å². The van der Waals surface area contributed by atoms with Crippen LogP contribution in [0.4, 0.5) is 0 Å². The first kappa shape index (κ1) is 14.5. The van der Waals surface area contributed by atoms with Gasteiger partial charge < -0.3 is 10.1 Å². The molecule has 0 bridgehead atoms. The lowest BCUT2D eigenvalue weighted by atomic mass is 10.0. The van der Waals surface area contributed by atoms with Gasteiger partial charge in [0.05, 0.1) is 6.61 Å². The molecule has 1 aromatic rings. The van der Waals surface area contributed by atoms with Gasteiger partial charge in [0.2, 0.25) is 0 Å². The van der Waals surface area contributed by atoms with Crippen molar-refractivity contribution in [3.05, 3.63) is 47.5 Å². The Morgan fingerprint density at radius 3 is 2.72 bits per heavy atom. The molecule has 0 saturated heterocycles. The number of hydrogen-bond donors (Lipinski definition) is 1. The number of esters is 1. The maximum atomic E-state index is 11.4. The molecule has 0 aliphatic heterocycles. The highest BCUT2D eigenvalue weighted by atomic mass is 16.5. The zero-order chi connectivity index (χ0) is 13.5. The van der Waals surface area contributed by atoms with Crippen molar-refractivity contribution < 1.29 is 9.53 Å². The molecule has 3 heteroatoms. The average molecular weight is 247 g/mol. The minimum Gasteiger partial charge on any atom is -0.463 e. The van der Waals surface area contributed by atoms with Crippen LogP contribution < -0.4 is 5.32 Å². The minimum absolute atomic E-state index is 0.178. The first-order chi connectivity index (χ1) is 8.56. The fraction of sp³-hybridized carbons (Fsp3) is 0.400. The molecule has 0 aliphatic carbocycles. The normalized spacial score (nSPS) is 11.9. The highest BCUT2D eigenvalue weighted by Crippen LogP contribution is 2.16. The average Bonchev–Trinajstić information content (AvgIpc) is 2.36. The molecule has 3 nitrogen and oxygen atoms in total. The lowest BCUT2D eigenvalue weighted by Crippen LogP contribution is -2.25. The molecule has 98 valence electrons. The van der Waals surface area contributed by atoms with Crippen LogP contribution in [0.15, 0.2) is 36.4 Å². The molecule has 0 heterocycles. The Balaban J connectivity index is 2.52. The van der Waals surface area contributed by atoms with Crippen molar-refractivity contribution in [2.45, 2.75) is 26.8 Å². The van der Waals surface area contributed by atoms with Gasteiger partial charge in [0.25, 0.3) is 0 Å². The van der Waals surface area contributed by atoms with E-state index >= 15 is 0 Å². The Morgan fingerprint density at radius 1 is 1.44 bits per heavy atom. The Morgan fingerprint density at radius 2 is 2.11 bits per heavy atom. The molecule has 1 N–H and O–H groups in total. The standard InChI is InChI=1S/C15H21NO2/c1-5-18-15(17)12(3)10-16-13(4)14-9-7-6-8-11(14)2/h6-9,13,16H,3,5,10H2,1-2,4H3. The van der Waals surface area contributed by atoms with Gasteiger partial charge in [-0.15, -0.1) is 0 Å². The molecule has 0 spiro atoms. The summed E-state index contributed by atoms with van der Waals surface area (Å²) in [4.78, 5) is 11.4. The van der Waals surface area contributed by atoms with Crippen LogP contribution in [0.2, 0.25) is 0 Å². The van der Waals surface area contributed by atoms with Crippen LogP contribution >= 0.6 is 0 Å². The molecule has 0 aromatic heterocycles. The molecule has 18 heavy (non-hydrogen) atoms. The van der Waals surface area contributed by atoms with Crippen molar-refractivity contribution in [1.82, 2.24) is 5.32 Å². The van der Waals surface area contributed by atoms with E-state index in [0.717, 1.165) is 0 Å². The van der Waals surface area contributed by atoms with Gasteiger partial charge in [0.1, 0.15) is 0 Å². The first-order valence-electron chi connectivity index (χ1n) is 6.20. The summed E-state index contributed by atoms with van der Waals surface area (Å²) >= 11 is 0. The quantitative estimate of drug-likeness (QED) is 0.620. The van der Waals surface area contributed by atoms with Gasteiger partial charge >= 0.3 is 5.97 Å². The summed E-state index contributed by atoms with van der Waals surface area (Å²) in [6, 6.07) is 8.37. The number of carbonyl (C=O) groups excluding carboxylic acids is 1. The number of hydrogen-bond acceptors (Lipinski definition) is 3. The molecule has 1 unspecified atom stereocenters. The molecule has 0 saturated carbocycles. The van der Waals surface area contributed by atoms with E-state index in [4.69, 9.17) is 4.74 Å². The third-order valence-electron chi connectivity index (χ3n) is 2.84. The number of aryl methyl sites for hydroxylation is 1. The molecule has 0 amide bonds. The second kappa shape index (κ2) is 6.97. The summed E-state index contributed by atoms with van der Waals surface area (Å²) in [6.07, 6.45) is 0.